The number of rotatable bonds is 8. The van der Waals surface area contributed by atoms with Crippen LogP contribution in [0.3, 0.4) is 0 Å². The predicted molar refractivity (Wildman–Crippen MR) is 115 cm³/mol. The molecule has 0 aliphatic carbocycles. The van der Waals surface area contributed by atoms with Gasteiger partial charge in [-0.1, -0.05) is 72.8 Å². The van der Waals surface area contributed by atoms with Gasteiger partial charge in [0.1, 0.15) is 12.4 Å². The van der Waals surface area contributed by atoms with E-state index in [-0.39, 0.29) is 24.1 Å². The third-order valence-electron chi connectivity index (χ3n) is 4.89. The van der Waals surface area contributed by atoms with E-state index >= 15 is 0 Å². The van der Waals surface area contributed by atoms with E-state index in [1.165, 1.54) is 22.5 Å². The molecule has 0 bridgehead atoms. The molecule has 0 saturated heterocycles. The van der Waals surface area contributed by atoms with Gasteiger partial charge in [-0.2, -0.15) is 4.80 Å². The van der Waals surface area contributed by atoms with Crippen LogP contribution in [0, 0.1) is 5.82 Å². The second-order valence-corrected chi connectivity index (χ2v) is 7.19. The molecule has 3 aromatic carbocycles. The number of carbonyl (C=O) groups is 1. The van der Waals surface area contributed by atoms with E-state index in [0.717, 1.165) is 12.0 Å². The van der Waals surface area contributed by atoms with Gasteiger partial charge in [0, 0.05) is 18.7 Å². The van der Waals surface area contributed by atoms with Crippen molar-refractivity contribution < 1.29 is 9.18 Å². The molecule has 1 amide bonds. The van der Waals surface area contributed by atoms with Crippen molar-refractivity contribution in [1.82, 2.24) is 25.1 Å². The molecule has 0 fully saturated rings. The van der Waals surface area contributed by atoms with E-state index in [4.69, 9.17) is 0 Å². The van der Waals surface area contributed by atoms with Gasteiger partial charge in [-0.25, -0.2) is 4.39 Å². The molecular weight excluding hydrogens is 393 g/mol. The highest BCUT2D eigenvalue weighted by atomic mass is 19.1. The third kappa shape index (κ3) is 5.60. The minimum Gasteiger partial charge on any atom is -0.336 e. The molecule has 0 saturated carbocycles. The summed E-state index contributed by atoms with van der Waals surface area (Å²) < 4.78 is 13.5. The van der Waals surface area contributed by atoms with Crippen molar-refractivity contribution in [2.75, 3.05) is 6.54 Å². The Morgan fingerprint density at radius 3 is 2.32 bits per heavy atom. The van der Waals surface area contributed by atoms with Gasteiger partial charge in [0.05, 0.1) is 0 Å². The molecule has 156 valence electrons. The van der Waals surface area contributed by atoms with E-state index < -0.39 is 0 Å². The van der Waals surface area contributed by atoms with Crippen LogP contribution in [0.1, 0.15) is 11.1 Å². The molecule has 0 aliphatic rings. The molecule has 0 spiro atoms. The number of benzene rings is 3. The summed E-state index contributed by atoms with van der Waals surface area (Å²) in [6.45, 7) is 1.03. The van der Waals surface area contributed by atoms with Crippen LogP contribution in [0.25, 0.3) is 11.4 Å². The highest BCUT2D eigenvalue weighted by Crippen LogP contribution is 2.14. The Balaban J connectivity index is 1.47. The summed E-state index contributed by atoms with van der Waals surface area (Å²) in [6.07, 6.45) is 0.749. The predicted octanol–water partition coefficient (Wildman–Crippen LogP) is 3.75. The molecule has 4 rings (SSSR count). The summed E-state index contributed by atoms with van der Waals surface area (Å²) in [6, 6.07) is 25.9. The summed E-state index contributed by atoms with van der Waals surface area (Å²) in [7, 11) is 0. The lowest BCUT2D eigenvalue weighted by atomic mass is 10.1. The lowest BCUT2D eigenvalue weighted by Crippen LogP contribution is -2.35. The van der Waals surface area contributed by atoms with E-state index in [2.05, 4.69) is 27.5 Å². The van der Waals surface area contributed by atoms with Gasteiger partial charge in [-0.05, 0) is 34.9 Å². The maximum absolute atomic E-state index is 13.5. The highest BCUT2D eigenvalue weighted by molar-refractivity contribution is 5.75. The van der Waals surface area contributed by atoms with Crippen LogP contribution in [-0.2, 0) is 24.3 Å². The average Bonchev–Trinajstić information content (AvgIpc) is 3.26. The van der Waals surface area contributed by atoms with Crippen molar-refractivity contribution in [1.29, 1.82) is 0 Å². The van der Waals surface area contributed by atoms with Gasteiger partial charge >= 0.3 is 0 Å². The largest absolute Gasteiger partial charge is 0.336 e. The van der Waals surface area contributed by atoms with E-state index in [1.54, 1.807) is 17.0 Å². The monoisotopic (exact) mass is 415 g/mol. The standard InChI is InChI=1S/C24H22FN5O/c25-22-13-7-12-21(16-22)24-26-28-30(27-24)18-23(31)29(17-20-10-5-2-6-11-20)15-14-19-8-3-1-4-9-19/h1-13,16H,14-15,17-18H2. The van der Waals surface area contributed by atoms with Gasteiger partial charge in [0.25, 0.3) is 0 Å². The topological polar surface area (TPSA) is 63.9 Å². The first kappa shape index (κ1) is 20.4. The molecule has 0 radical (unpaired) electrons. The van der Waals surface area contributed by atoms with Crippen molar-refractivity contribution in [3.05, 3.63) is 102 Å². The summed E-state index contributed by atoms with van der Waals surface area (Å²) >= 11 is 0. The third-order valence-corrected chi connectivity index (χ3v) is 4.89. The molecule has 1 heterocycles. The Morgan fingerprint density at radius 1 is 0.903 bits per heavy atom. The number of amides is 1. The van der Waals surface area contributed by atoms with Crippen LogP contribution in [0.5, 0.6) is 0 Å². The molecule has 0 aliphatic heterocycles. The fraction of sp³-hybridized carbons (Fsp3) is 0.167. The van der Waals surface area contributed by atoms with Gasteiger partial charge in [-0.15, -0.1) is 10.2 Å². The number of carbonyl (C=O) groups excluding carboxylic acids is 1. The summed E-state index contributed by atoms with van der Waals surface area (Å²) in [4.78, 5) is 16.1. The fourth-order valence-electron chi connectivity index (χ4n) is 3.28. The van der Waals surface area contributed by atoms with Crippen LogP contribution in [0.2, 0.25) is 0 Å². The first-order valence-electron chi connectivity index (χ1n) is 10.1. The van der Waals surface area contributed by atoms with Crippen molar-refractivity contribution in [2.45, 2.75) is 19.5 Å². The molecule has 7 heteroatoms. The van der Waals surface area contributed by atoms with E-state index in [0.29, 0.717) is 18.7 Å². The zero-order chi connectivity index (χ0) is 21.5. The zero-order valence-corrected chi connectivity index (χ0v) is 16.9. The minimum absolute atomic E-state index is 0.0378. The minimum atomic E-state index is -0.375. The smallest absolute Gasteiger partial charge is 0.246 e. The lowest BCUT2D eigenvalue weighted by Gasteiger charge is -2.22. The normalized spacial score (nSPS) is 10.7. The number of tetrazole rings is 1. The summed E-state index contributed by atoms with van der Waals surface area (Å²) in [5, 5.41) is 12.2. The number of hydrogen-bond acceptors (Lipinski definition) is 4. The van der Waals surface area contributed by atoms with Crippen LogP contribution >= 0.6 is 0 Å². The molecule has 0 atom stereocenters. The average molecular weight is 415 g/mol. The second kappa shape index (κ2) is 9.75. The highest BCUT2D eigenvalue weighted by Gasteiger charge is 2.17. The summed E-state index contributed by atoms with van der Waals surface area (Å²) in [5.74, 6) is -0.200. The molecule has 31 heavy (non-hydrogen) atoms. The molecule has 4 aromatic rings. The van der Waals surface area contributed by atoms with E-state index in [1.807, 2.05) is 48.5 Å². The Morgan fingerprint density at radius 2 is 1.61 bits per heavy atom. The number of hydrogen-bond donors (Lipinski definition) is 0. The SMILES string of the molecule is O=C(Cn1nnc(-c2cccc(F)c2)n1)N(CCc1ccccc1)Cc1ccccc1. The van der Waals surface area contributed by atoms with Crippen molar-refractivity contribution in [3.8, 4) is 11.4 Å². The Hall–Kier alpha value is -3.87. The second-order valence-electron chi connectivity index (χ2n) is 7.19. The fourth-order valence-corrected chi connectivity index (χ4v) is 3.28. The van der Waals surface area contributed by atoms with Crippen molar-refractivity contribution in [2.24, 2.45) is 0 Å². The molecule has 1 aromatic heterocycles. The maximum Gasteiger partial charge on any atom is 0.246 e. The summed E-state index contributed by atoms with van der Waals surface area (Å²) in [5.41, 5.74) is 2.74. The molecule has 6 nitrogen and oxygen atoms in total. The molecule has 0 N–H and O–H groups in total. The lowest BCUT2D eigenvalue weighted by molar-refractivity contribution is -0.132. The number of nitrogens with zero attached hydrogens (tertiary/aromatic N) is 5. The van der Waals surface area contributed by atoms with Crippen LogP contribution in [0.15, 0.2) is 84.9 Å². The Kier molecular flexibility index (Phi) is 6.42. The van der Waals surface area contributed by atoms with Gasteiger partial charge < -0.3 is 4.90 Å². The maximum atomic E-state index is 13.5. The van der Waals surface area contributed by atoms with Gasteiger partial charge in [0.2, 0.25) is 11.7 Å². The Bertz CT molecular complexity index is 1130. The number of aromatic nitrogens is 4. The Labute approximate surface area is 179 Å². The zero-order valence-electron chi connectivity index (χ0n) is 16.9. The number of halogens is 1. The van der Waals surface area contributed by atoms with Crippen LogP contribution in [-0.4, -0.2) is 37.6 Å². The van der Waals surface area contributed by atoms with Gasteiger partial charge in [0.15, 0.2) is 0 Å². The van der Waals surface area contributed by atoms with Crippen LogP contribution in [0.4, 0.5) is 4.39 Å². The van der Waals surface area contributed by atoms with Gasteiger partial charge in [-0.3, -0.25) is 4.79 Å². The molecule has 0 unspecified atom stereocenters. The quantitative estimate of drug-likeness (QED) is 0.440. The van der Waals surface area contributed by atoms with Crippen molar-refractivity contribution >= 4 is 5.91 Å². The van der Waals surface area contributed by atoms with E-state index in [9.17, 15) is 9.18 Å². The first-order chi connectivity index (χ1) is 15.2. The van der Waals surface area contributed by atoms with Crippen LogP contribution < -0.4 is 0 Å². The first-order valence-corrected chi connectivity index (χ1v) is 10.1. The molecular formula is C24H22FN5O. The van der Waals surface area contributed by atoms with Crippen molar-refractivity contribution in [3.63, 3.8) is 0 Å².